The van der Waals surface area contributed by atoms with Gasteiger partial charge in [0.15, 0.2) is 0 Å². The van der Waals surface area contributed by atoms with Crippen molar-refractivity contribution in [3.05, 3.63) is 65.5 Å². The summed E-state index contributed by atoms with van der Waals surface area (Å²) in [6.07, 6.45) is 0. The number of carbonyl (C=O) groups is 1. The Morgan fingerprint density at radius 3 is 2.52 bits per heavy atom. The standard InChI is InChI=1S/C21H23N3O/c1-21(2,3)19-13-18-14-23(10-11-24(18)22-19)20(25)17-9-8-15-6-4-5-7-16(15)12-17/h4-9,12-13H,10-11,14H2,1-3H3. The Morgan fingerprint density at radius 2 is 1.76 bits per heavy atom. The second kappa shape index (κ2) is 5.73. The van der Waals surface area contributed by atoms with E-state index in [4.69, 9.17) is 5.10 Å². The van der Waals surface area contributed by atoms with Crippen LogP contribution in [0.25, 0.3) is 10.8 Å². The van der Waals surface area contributed by atoms with Gasteiger partial charge in [-0.05, 0) is 29.0 Å². The van der Waals surface area contributed by atoms with E-state index in [1.54, 1.807) is 0 Å². The number of amides is 1. The largest absolute Gasteiger partial charge is 0.331 e. The number of benzene rings is 2. The van der Waals surface area contributed by atoms with E-state index >= 15 is 0 Å². The van der Waals surface area contributed by atoms with Gasteiger partial charge in [0.25, 0.3) is 5.91 Å². The van der Waals surface area contributed by atoms with Crippen LogP contribution in [0.1, 0.15) is 42.5 Å². The molecule has 4 rings (SSSR count). The molecule has 0 saturated heterocycles. The first-order chi connectivity index (χ1) is 11.9. The molecule has 0 N–H and O–H groups in total. The lowest BCUT2D eigenvalue weighted by atomic mass is 9.92. The Balaban J connectivity index is 1.60. The van der Waals surface area contributed by atoms with Crippen LogP contribution in [0, 0.1) is 0 Å². The van der Waals surface area contributed by atoms with Crippen LogP contribution in [0.4, 0.5) is 0 Å². The van der Waals surface area contributed by atoms with Gasteiger partial charge in [-0.3, -0.25) is 9.48 Å². The van der Waals surface area contributed by atoms with Gasteiger partial charge in [-0.2, -0.15) is 5.10 Å². The maximum Gasteiger partial charge on any atom is 0.254 e. The molecule has 3 aromatic rings. The molecule has 2 heterocycles. The number of nitrogens with zero attached hydrogens (tertiary/aromatic N) is 3. The molecule has 0 aliphatic carbocycles. The minimum Gasteiger partial charge on any atom is -0.331 e. The molecule has 0 atom stereocenters. The highest BCUT2D eigenvalue weighted by molar-refractivity contribution is 5.98. The lowest BCUT2D eigenvalue weighted by Crippen LogP contribution is -2.38. The van der Waals surface area contributed by atoms with E-state index < -0.39 is 0 Å². The van der Waals surface area contributed by atoms with Gasteiger partial charge >= 0.3 is 0 Å². The van der Waals surface area contributed by atoms with Crippen molar-refractivity contribution in [2.75, 3.05) is 6.54 Å². The second-order valence-corrected chi connectivity index (χ2v) is 7.78. The van der Waals surface area contributed by atoms with Crippen molar-refractivity contribution in [3.8, 4) is 0 Å². The third-order valence-corrected chi connectivity index (χ3v) is 4.85. The molecule has 1 aromatic heterocycles. The van der Waals surface area contributed by atoms with Crippen molar-refractivity contribution in [2.24, 2.45) is 0 Å². The Kier molecular flexibility index (Phi) is 3.64. The van der Waals surface area contributed by atoms with Crippen LogP contribution < -0.4 is 0 Å². The first-order valence-electron chi connectivity index (χ1n) is 8.77. The number of hydrogen-bond donors (Lipinski definition) is 0. The summed E-state index contributed by atoms with van der Waals surface area (Å²) in [5.74, 6) is 0.0931. The first kappa shape index (κ1) is 15.9. The maximum absolute atomic E-state index is 13.0. The molecule has 0 spiro atoms. The predicted octanol–water partition coefficient (Wildman–Crippen LogP) is 3.99. The van der Waals surface area contributed by atoms with Crippen LogP contribution in [0.2, 0.25) is 0 Å². The smallest absolute Gasteiger partial charge is 0.254 e. The van der Waals surface area contributed by atoms with Crippen molar-refractivity contribution >= 4 is 16.7 Å². The number of hydrogen-bond acceptors (Lipinski definition) is 2. The number of fused-ring (bicyclic) bond motifs is 2. The van der Waals surface area contributed by atoms with Crippen LogP contribution in [0.5, 0.6) is 0 Å². The van der Waals surface area contributed by atoms with E-state index in [1.165, 1.54) is 0 Å². The fraction of sp³-hybridized carbons (Fsp3) is 0.333. The fourth-order valence-electron chi connectivity index (χ4n) is 3.31. The Bertz CT molecular complexity index is 949. The van der Waals surface area contributed by atoms with E-state index in [2.05, 4.69) is 32.9 Å². The van der Waals surface area contributed by atoms with E-state index in [-0.39, 0.29) is 11.3 Å². The summed E-state index contributed by atoms with van der Waals surface area (Å²) >= 11 is 0. The van der Waals surface area contributed by atoms with E-state index in [0.29, 0.717) is 13.1 Å². The molecule has 0 radical (unpaired) electrons. The Morgan fingerprint density at radius 1 is 1.00 bits per heavy atom. The van der Waals surface area contributed by atoms with Crippen molar-refractivity contribution in [1.82, 2.24) is 14.7 Å². The van der Waals surface area contributed by atoms with E-state index in [9.17, 15) is 4.79 Å². The van der Waals surface area contributed by atoms with Gasteiger partial charge in [0.1, 0.15) is 0 Å². The predicted molar refractivity (Wildman–Crippen MR) is 99.6 cm³/mol. The molecule has 4 heteroatoms. The van der Waals surface area contributed by atoms with Gasteiger partial charge in [0, 0.05) is 17.5 Å². The normalized spacial score (nSPS) is 14.6. The third kappa shape index (κ3) is 2.93. The summed E-state index contributed by atoms with van der Waals surface area (Å²) in [5, 5.41) is 6.97. The van der Waals surface area contributed by atoms with Crippen LogP contribution in [-0.4, -0.2) is 27.1 Å². The first-order valence-corrected chi connectivity index (χ1v) is 8.77. The van der Waals surface area contributed by atoms with Crippen molar-refractivity contribution in [1.29, 1.82) is 0 Å². The second-order valence-electron chi connectivity index (χ2n) is 7.78. The molecule has 1 aliphatic rings. The molecule has 2 aromatic carbocycles. The highest BCUT2D eigenvalue weighted by atomic mass is 16.2. The lowest BCUT2D eigenvalue weighted by Gasteiger charge is -2.27. The Labute approximate surface area is 148 Å². The summed E-state index contributed by atoms with van der Waals surface area (Å²) in [7, 11) is 0. The van der Waals surface area contributed by atoms with Gasteiger partial charge in [-0.25, -0.2) is 0 Å². The molecular weight excluding hydrogens is 310 g/mol. The molecule has 128 valence electrons. The molecule has 1 aliphatic heterocycles. The van der Waals surface area contributed by atoms with Crippen LogP contribution in [0.15, 0.2) is 48.5 Å². The van der Waals surface area contributed by atoms with Crippen molar-refractivity contribution < 1.29 is 4.79 Å². The molecule has 0 unspecified atom stereocenters. The zero-order valence-electron chi connectivity index (χ0n) is 15.0. The molecular formula is C21H23N3O. The average molecular weight is 333 g/mol. The average Bonchev–Trinajstić information content (AvgIpc) is 3.04. The van der Waals surface area contributed by atoms with Gasteiger partial charge in [0.2, 0.25) is 0 Å². The van der Waals surface area contributed by atoms with Crippen molar-refractivity contribution in [2.45, 2.75) is 39.3 Å². The lowest BCUT2D eigenvalue weighted by molar-refractivity contribution is 0.0706. The summed E-state index contributed by atoms with van der Waals surface area (Å²) in [5.41, 5.74) is 2.98. The SMILES string of the molecule is CC(C)(C)c1cc2n(n1)CCN(C(=O)c1ccc3ccccc3c1)C2. The quantitative estimate of drug-likeness (QED) is 0.675. The third-order valence-electron chi connectivity index (χ3n) is 4.85. The Hall–Kier alpha value is -2.62. The summed E-state index contributed by atoms with van der Waals surface area (Å²) in [6, 6.07) is 16.2. The minimum absolute atomic E-state index is 0.0253. The highest BCUT2D eigenvalue weighted by Gasteiger charge is 2.26. The molecule has 4 nitrogen and oxygen atoms in total. The van der Waals surface area contributed by atoms with Crippen LogP contribution in [-0.2, 0) is 18.5 Å². The number of carbonyl (C=O) groups excluding carboxylic acids is 1. The van der Waals surface area contributed by atoms with Gasteiger partial charge < -0.3 is 4.90 Å². The molecule has 1 amide bonds. The summed E-state index contributed by atoms with van der Waals surface area (Å²) in [6.45, 7) is 8.57. The zero-order valence-corrected chi connectivity index (χ0v) is 15.0. The van der Waals surface area contributed by atoms with Crippen LogP contribution >= 0.6 is 0 Å². The monoisotopic (exact) mass is 333 g/mol. The molecule has 25 heavy (non-hydrogen) atoms. The highest BCUT2D eigenvalue weighted by Crippen LogP contribution is 2.25. The topological polar surface area (TPSA) is 38.1 Å². The van der Waals surface area contributed by atoms with Gasteiger partial charge in [-0.1, -0.05) is 51.1 Å². The van der Waals surface area contributed by atoms with E-state index in [0.717, 1.165) is 34.3 Å². The molecule has 0 bridgehead atoms. The zero-order chi connectivity index (χ0) is 17.6. The van der Waals surface area contributed by atoms with Crippen LogP contribution in [0.3, 0.4) is 0 Å². The van der Waals surface area contributed by atoms with E-state index in [1.807, 2.05) is 46.0 Å². The number of rotatable bonds is 1. The molecule has 0 saturated carbocycles. The minimum atomic E-state index is 0.0253. The summed E-state index contributed by atoms with van der Waals surface area (Å²) < 4.78 is 2.05. The fourth-order valence-corrected chi connectivity index (χ4v) is 3.31. The number of aromatic nitrogens is 2. The van der Waals surface area contributed by atoms with Gasteiger partial charge in [-0.15, -0.1) is 0 Å². The molecule has 0 fully saturated rings. The summed E-state index contributed by atoms with van der Waals surface area (Å²) in [4.78, 5) is 14.9. The van der Waals surface area contributed by atoms with Gasteiger partial charge in [0.05, 0.1) is 24.5 Å². The maximum atomic E-state index is 13.0. The van der Waals surface area contributed by atoms with Crippen molar-refractivity contribution in [3.63, 3.8) is 0 Å².